The number of benzene rings is 1. The van der Waals surface area contributed by atoms with E-state index >= 15 is 0 Å². The molecule has 1 unspecified atom stereocenters. The van der Waals surface area contributed by atoms with Crippen LogP contribution in [0.15, 0.2) is 23.1 Å². The highest BCUT2D eigenvalue weighted by Crippen LogP contribution is 2.31. The van der Waals surface area contributed by atoms with Crippen molar-refractivity contribution in [1.82, 2.24) is 0 Å². The van der Waals surface area contributed by atoms with Gasteiger partial charge in [-0.15, -0.1) is 0 Å². The molecule has 1 aliphatic rings. The van der Waals surface area contributed by atoms with Gasteiger partial charge < -0.3 is 9.47 Å². The molecule has 1 aromatic rings. The third-order valence-corrected chi connectivity index (χ3v) is 4.17. The molecule has 0 saturated carbocycles. The highest BCUT2D eigenvalue weighted by atomic mass is 32.2. The number of carbonyl (C=O) groups is 1. The Morgan fingerprint density at radius 2 is 2.00 bits per heavy atom. The number of hydrogen-bond donors (Lipinski definition) is 0. The molecule has 0 N–H and O–H groups in total. The summed E-state index contributed by atoms with van der Waals surface area (Å²) in [4.78, 5) is 12.1. The summed E-state index contributed by atoms with van der Waals surface area (Å²) in [6.45, 7) is 3.16. The number of hydrogen-bond acceptors (Lipinski definition) is 4. The van der Waals surface area contributed by atoms with E-state index in [4.69, 9.17) is 9.47 Å². The van der Waals surface area contributed by atoms with Crippen LogP contribution >= 0.6 is 0 Å². The van der Waals surface area contributed by atoms with Crippen LogP contribution in [0.4, 0.5) is 0 Å². The normalized spacial score (nSPS) is 15.6. The SMILES string of the molecule is CCCC(=O)CS(=O)c1ccc2c(c1)OCCCO2. The maximum absolute atomic E-state index is 12.1. The van der Waals surface area contributed by atoms with Crippen molar-refractivity contribution in [2.45, 2.75) is 31.1 Å². The number of ether oxygens (including phenoxy) is 2. The van der Waals surface area contributed by atoms with E-state index in [2.05, 4.69) is 0 Å². The lowest BCUT2D eigenvalue weighted by atomic mass is 10.3. The van der Waals surface area contributed by atoms with E-state index in [1.165, 1.54) is 0 Å². The molecule has 0 radical (unpaired) electrons. The summed E-state index contributed by atoms with van der Waals surface area (Å²) in [6, 6.07) is 5.22. The van der Waals surface area contributed by atoms with E-state index in [-0.39, 0.29) is 11.5 Å². The average Bonchev–Trinajstić information content (AvgIpc) is 2.63. The van der Waals surface area contributed by atoms with Gasteiger partial charge in [-0.2, -0.15) is 0 Å². The molecule has 4 nitrogen and oxygen atoms in total. The summed E-state index contributed by atoms with van der Waals surface area (Å²) in [5.41, 5.74) is 0. The summed E-state index contributed by atoms with van der Waals surface area (Å²) in [5.74, 6) is 1.41. The number of rotatable bonds is 5. The lowest BCUT2D eigenvalue weighted by Gasteiger charge is -2.09. The van der Waals surface area contributed by atoms with Crippen molar-refractivity contribution in [2.24, 2.45) is 0 Å². The predicted octanol–water partition coefficient (Wildman–Crippen LogP) is 2.32. The standard InChI is InChI=1S/C14H18O4S/c1-2-4-11(15)10-19(16)12-5-6-13-14(9-12)18-8-3-7-17-13/h5-6,9H,2-4,7-8,10H2,1H3. The Hall–Kier alpha value is -1.36. The van der Waals surface area contributed by atoms with Crippen LogP contribution in [-0.4, -0.2) is 29.0 Å². The van der Waals surface area contributed by atoms with Crippen molar-refractivity contribution < 1.29 is 18.5 Å². The van der Waals surface area contributed by atoms with Gasteiger partial charge >= 0.3 is 0 Å². The van der Waals surface area contributed by atoms with Gasteiger partial charge in [-0.1, -0.05) is 6.92 Å². The van der Waals surface area contributed by atoms with Crippen LogP contribution in [0.5, 0.6) is 11.5 Å². The van der Waals surface area contributed by atoms with Gasteiger partial charge in [0.1, 0.15) is 5.78 Å². The first kappa shape index (κ1) is 14.1. The van der Waals surface area contributed by atoms with Crippen LogP contribution in [0.2, 0.25) is 0 Å². The Labute approximate surface area is 115 Å². The first-order chi connectivity index (χ1) is 9.20. The second-order valence-electron chi connectivity index (χ2n) is 4.44. The van der Waals surface area contributed by atoms with Gasteiger partial charge in [0.15, 0.2) is 11.5 Å². The smallest absolute Gasteiger partial charge is 0.162 e. The van der Waals surface area contributed by atoms with E-state index in [0.717, 1.165) is 12.8 Å². The quantitative estimate of drug-likeness (QED) is 0.831. The molecule has 1 atom stereocenters. The highest BCUT2D eigenvalue weighted by molar-refractivity contribution is 7.85. The Morgan fingerprint density at radius 1 is 1.26 bits per heavy atom. The molecule has 104 valence electrons. The molecule has 0 saturated heterocycles. The van der Waals surface area contributed by atoms with Crippen LogP contribution in [0, 0.1) is 0 Å². The molecule has 1 aliphatic heterocycles. The third kappa shape index (κ3) is 3.80. The van der Waals surface area contributed by atoms with Crippen molar-refractivity contribution in [2.75, 3.05) is 19.0 Å². The molecule has 1 aromatic carbocycles. The zero-order valence-corrected chi connectivity index (χ0v) is 11.8. The zero-order chi connectivity index (χ0) is 13.7. The zero-order valence-electron chi connectivity index (χ0n) is 11.0. The molecule has 0 spiro atoms. The minimum atomic E-state index is -1.30. The summed E-state index contributed by atoms with van der Waals surface area (Å²) < 4.78 is 23.2. The molecule has 19 heavy (non-hydrogen) atoms. The van der Waals surface area contributed by atoms with Gasteiger partial charge in [0, 0.05) is 23.8 Å². The number of fused-ring (bicyclic) bond motifs is 1. The molecule has 0 amide bonds. The summed E-state index contributed by atoms with van der Waals surface area (Å²) in [7, 11) is -1.30. The molecule has 5 heteroatoms. The van der Waals surface area contributed by atoms with E-state index < -0.39 is 10.8 Å². The number of ketones is 1. The summed E-state index contributed by atoms with van der Waals surface area (Å²) >= 11 is 0. The van der Waals surface area contributed by atoms with Crippen molar-refractivity contribution in [3.8, 4) is 11.5 Å². The lowest BCUT2D eigenvalue weighted by molar-refractivity contribution is -0.116. The van der Waals surface area contributed by atoms with Crippen molar-refractivity contribution >= 4 is 16.6 Å². The Morgan fingerprint density at radius 3 is 2.74 bits per heavy atom. The Kier molecular flexibility index (Phi) is 4.96. The maximum Gasteiger partial charge on any atom is 0.162 e. The van der Waals surface area contributed by atoms with E-state index in [1.54, 1.807) is 18.2 Å². The molecule has 0 bridgehead atoms. The van der Waals surface area contributed by atoms with Crippen molar-refractivity contribution in [3.63, 3.8) is 0 Å². The fourth-order valence-corrected chi connectivity index (χ4v) is 2.93. The van der Waals surface area contributed by atoms with Crippen molar-refractivity contribution in [3.05, 3.63) is 18.2 Å². The molecular formula is C14H18O4S. The minimum Gasteiger partial charge on any atom is -0.490 e. The van der Waals surface area contributed by atoms with E-state index in [0.29, 0.717) is 36.0 Å². The van der Waals surface area contributed by atoms with E-state index in [9.17, 15) is 9.00 Å². The van der Waals surface area contributed by atoms with Crippen LogP contribution in [0.3, 0.4) is 0 Å². The second kappa shape index (κ2) is 6.70. The Balaban J connectivity index is 2.10. The van der Waals surface area contributed by atoms with Gasteiger partial charge in [-0.25, -0.2) is 0 Å². The van der Waals surface area contributed by atoms with Crippen LogP contribution in [0.1, 0.15) is 26.2 Å². The fourth-order valence-electron chi connectivity index (χ4n) is 1.87. The van der Waals surface area contributed by atoms with Crippen LogP contribution in [0.25, 0.3) is 0 Å². The molecule has 1 heterocycles. The number of Topliss-reactive ketones (excluding diaryl/α,β-unsaturated/α-hetero) is 1. The average molecular weight is 282 g/mol. The second-order valence-corrected chi connectivity index (χ2v) is 5.89. The van der Waals surface area contributed by atoms with Gasteiger partial charge in [0.2, 0.25) is 0 Å². The third-order valence-electron chi connectivity index (χ3n) is 2.80. The van der Waals surface area contributed by atoms with Crippen LogP contribution in [-0.2, 0) is 15.6 Å². The Bertz CT molecular complexity index is 484. The first-order valence-electron chi connectivity index (χ1n) is 6.50. The number of carbonyl (C=O) groups excluding carboxylic acids is 1. The first-order valence-corrected chi connectivity index (χ1v) is 7.82. The van der Waals surface area contributed by atoms with Gasteiger partial charge in [-0.3, -0.25) is 9.00 Å². The van der Waals surface area contributed by atoms with Gasteiger partial charge in [0.25, 0.3) is 0 Å². The summed E-state index contributed by atoms with van der Waals surface area (Å²) in [6.07, 6.45) is 2.11. The monoisotopic (exact) mass is 282 g/mol. The summed E-state index contributed by atoms with van der Waals surface area (Å²) in [5, 5.41) is 0. The largest absolute Gasteiger partial charge is 0.490 e. The van der Waals surface area contributed by atoms with Gasteiger partial charge in [-0.05, 0) is 18.6 Å². The van der Waals surface area contributed by atoms with E-state index in [1.807, 2.05) is 6.92 Å². The predicted molar refractivity (Wildman–Crippen MR) is 73.2 cm³/mol. The van der Waals surface area contributed by atoms with Crippen LogP contribution < -0.4 is 9.47 Å². The lowest BCUT2D eigenvalue weighted by Crippen LogP contribution is -2.10. The molecular weight excluding hydrogens is 264 g/mol. The topological polar surface area (TPSA) is 52.6 Å². The fraction of sp³-hybridized carbons (Fsp3) is 0.500. The molecule has 2 rings (SSSR count). The highest BCUT2D eigenvalue weighted by Gasteiger charge is 2.15. The molecule has 0 aliphatic carbocycles. The molecule has 0 fully saturated rings. The minimum absolute atomic E-state index is 0.0351. The molecule has 0 aromatic heterocycles. The maximum atomic E-state index is 12.1. The van der Waals surface area contributed by atoms with Gasteiger partial charge in [0.05, 0.1) is 29.8 Å². The van der Waals surface area contributed by atoms with Crippen molar-refractivity contribution in [1.29, 1.82) is 0 Å².